The molecule has 2 bridgehead atoms. The number of nitrogens with two attached hydrogens (primary N) is 1. The first kappa shape index (κ1) is 8.17. The zero-order chi connectivity index (χ0) is 8.89. The standard InChI is InChI=1S/C9H17N3O/c10-12-5-7-1-3-9(6-12,11-7)8-2-4-13-8/h7-8,11H,1-6,10H2/t7-,8-,9+/m1/s1. The molecule has 3 atom stereocenters. The number of hydrogen-bond donors (Lipinski definition) is 2. The minimum atomic E-state index is 0.190. The molecule has 0 radical (unpaired) electrons. The van der Waals surface area contributed by atoms with Crippen LogP contribution in [-0.4, -0.2) is 42.4 Å². The molecular weight excluding hydrogens is 166 g/mol. The van der Waals surface area contributed by atoms with Crippen LogP contribution >= 0.6 is 0 Å². The van der Waals surface area contributed by atoms with Crippen LogP contribution in [0.2, 0.25) is 0 Å². The van der Waals surface area contributed by atoms with Gasteiger partial charge in [-0.15, -0.1) is 0 Å². The van der Waals surface area contributed by atoms with E-state index in [1.807, 2.05) is 5.01 Å². The summed E-state index contributed by atoms with van der Waals surface area (Å²) in [5, 5.41) is 5.64. The van der Waals surface area contributed by atoms with Crippen molar-refractivity contribution in [2.24, 2.45) is 5.84 Å². The molecular formula is C9H17N3O. The summed E-state index contributed by atoms with van der Waals surface area (Å²) < 4.78 is 5.59. The predicted octanol–water partition coefficient (Wildman–Crippen LogP) is -0.545. The molecule has 74 valence electrons. The maximum atomic E-state index is 5.90. The lowest BCUT2D eigenvalue weighted by Crippen LogP contribution is -2.68. The van der Waals surface area contributed by atoms with Gasteiger partial charge < -0.3 is 10.1 Å². The fraction of sp³-hybridized carbons (Fsp3) is 1.00. The van der Waals surface area contributed by atoms with Crippen molar-refractivity contribution >= 4 is 0 Å². The maximum absolute atomic E-state index is 5.90. The average Bonchev–Trinajstić information content (AvgIpc) is 2.23. The van der Waals surface area contributed by atoms with Crippen LogP contribution in [0, 0.1) is 0 Å². The SMILES string of the molecule is NN1C[C@H]2CC[C@@]([C@H]3CCO3)(C1)N2. The van der Waals surface area contributed by atoms with Crippen LogP contribution in [-0.2, 0) is 4.74 Å². The van der Waals surface area contributed by atoms with Gasteiger partial charge in [0, 0.05) is 25.7 Å². The first-order valence-electron chi connectivity index (χ1n) is 5.17. The van der Waals surface area contributed by atoms with E-state index in [0.29, 0.717) is 12.1 Å². The Morgan fingerprint density at radius 3 is 3.00 bits per heavy atom. The van der Waals surface area contributed by atoms with E-state index in [2.05, 4.69) is 5.32 Å². The zero-order valence-electron chi connectivity index (χ0n) is 7.83. The molecule has 0 aliphatic carbocycles. The summed E-state index contributed by atoms with van der Waals surface area (Å²) in [6.45, 7) is 2.88. The molecule has 4 heteroatoms. The van der Waals surface area contributed by atoms with Gasteiger partial charge >= 0.3 is 0 Å². The lowest BCUT2D eigenvalue weighted by Gasteiger charge is -2.47. The molecule has 0 spiro atoms. The Morgan fingerprint density at radius 2 is 2.31 bits per heavy atom. The normalized spacial score (nSPS) is 50.5. The van der Waals surface area contributed by atoms with Crippen molar-refractivity contribution in [3.63, 3.8) is 0 Å². The monoisotopic (exact) mass is 183 g/mol. The number of piperazine rings is 1. The molecule has 0 amide bonds. The topological polar surface area (TPSA) is 50.5 Å². The smallest absolute Gasteiger partial charge is 0.0791 e. The molecule has 3 aliphatic heterocycles. The van der Waals surface area contributed by atoms with Crippen LogP contribution < -0.4 is 11.2 Å². The largest absolute Gasteiger partial charge is 0.376 e. The summed E-state index contributed by atoms with van der Waals surface area (Å²) in [4.78, 5) is 0. The quantitative estimate of drug-likeness (QED) is 0.536. The van der Waals surface area contributed by atoms with Gasteiger partial charge in [-0.1, -0.05) is 0 Å². The highest BCUT2D eigenvalue weighted by atomic mass is 16.5. The summed E-state index contributed by atoms with van der Waals surface area (Å²) in [5.74, 6) is 5.90. The van der Waals surface area contributed by atoms with Crippen molar-refractivity contribution in [3.05, 3.63) is 0 Å². The third kappa shape index (κ3) is 1.13. The van der Waals surface area contributed by atoms with Crippen LogP contribution in [0.4, 0.5) is 0 Å². The summed E-state index contributed by atoms with van der Waals surface area (Å²) in [5.41, 5.74) is 0.190. The van der Waals surface area contributed by atoms with Crippen molar-refractivity contribution in [1.82, 2.24) is 10.3 Å². The van der Waals surface area contributed by atoms with Crippen molar-refractivity contribution in [3.8, 4) is 0 Å². The summed E-state index contributed by atoms with van der Waals surface area (Å²) >= 11 is 0. The van der Waals surface area contributed by atoms with E-state index in [0.717, 1.165) is 19.7 Å². The van der Waals surface area contributed by atoms with Gasteiger partial charge in [0.2, 0.25) is 0 Å². The van der Waals surface area contributed by atoms with E-state index in [4.69, 9.17) is 10.6 Å². The van der Waals surface area contributed by atoms with E-state index in [1.54, 1.807) is 0 Å². The van der Waals surface area contributed by atoms with E-state index in [9.17, 15) is 0 Å². The second-order valence-electron chi connectivity index (χ2n) is 4.61. The minimum Gasteiger partial charge on any atom is -0.376 e. The Labute approximate surface area is 78.4 Å². The van der Waals surface area contributed by atoms with Gasteiger partial charge in [0.05, 0.1) is 11.6 Å². The van der Waals surface area contributed by atoms with Gasteiger partial charge in [-0.3, -0.25) is 5.84 Å². The molecule has 3 heterocycles. The average molecular weight is 183 g/mol. The lowest BCUT2D eigenvalue weighted by molar-refractivity contribution is -0.114. The van der Waals surface area contributed by atoms with Crippen LogP contribution in [0.1, 0.15) is 19.3 Å². The van der Waals surface area contributed by atoms with Crippen LogP contribution in [0.5, 0.6) is 0 Å². The molecule has 0 unspecified atom stereocenters. The van der Waals surface area contributed by atoms with Gasteiger partial charge in [0.1, 0.15) is 0 Å². The minimum absolute atomic E-state index is 0.190. The highest BCUT2D eigenvalue weighted by Gasteiger charge is 2.51. The highest BCUT2D eigenvalue weighted by molar-refractivity contribution is 5.09. The molecule has 0 saturated carbocycles. The Balaban J connectivity index is 1.81. The van der Waals surface area contributed by atoms with Crippen LogP contribution in [0.25, 0.3) is 0 Å². The number of nitrogens with zero attached hydrogens (tertiary/aromatic N) is 1. The number of hydrazine groups is 1. The van der Waals surface area contributed by atoms with Gasteiger partial charge in [0.15, 0.2) is 0 Å². The maximum Gasteiger partial charge on any atom is 0.0791 e. The molecule has 3 saturated heterocycles. The van der Waals surface area contributed by atoms with E-state index in [1.165, 1.54) is 19.3 Å². The molecule has 0 aromatic heterocycles. The van der Waals surface area contributed by atoms with Gasteiger partial charge in [-0.05, 0) is 19.3 Å². The number of rotatable bonds is 1. The third-order valence-corrected chi connectivity index (χ3v) is 3.69. The Morgan fingerprint density at radius 1 is 1.46 bits per heavy atom. The summed E-state index contributed by atoms with van der Waals surface area (Å²) in [7, 11) is 0. The number of ether oxygens (including phenoxy) is 1. The Hall–Kier alpha value is -0.160. The van der Waals surface area contributed by atoms with Crippen LogP contribution in [0.3, 0.4) is 0 Å². The van der Waals surface area contributed by atoms with Crippen molar-refractivity contribution in [2.45, 2.75) is 36.9 Å². The first-order valence-corrected chi connectivity index (χ1v) is 5.17. The highest BCUT2D eigenvalue weighted by Crippen LogP contribution is 2.37. The van der Waals surface area contributed by atoms with Gasteiger partial charge in [-0.25, -0.2) is 5.01 Å². The third-order valence-electron chi connectivity index (χ3n) is 3.69. The van der Waals surface area contributed by atoms with Gasteiger partial charge in [-0.2, -0.15) is 0 Å². The van der Waals surface area contributed by atoms with Crippen molar-refractivity contribution in [1.29, 1.82) is 0 Å². The first-order chi connectivity index (χ1) is 6.28. The molecule has 13 heavy (non-hydrogen) atoms. The van der Waals surface area contributed by atoms with E-state index >= 15 is 0 Å². The van der Waals surface area contributed by atoms with Crippen LogP contribution in [0.15, 0.2) is 0 Å². The zero-order valence-corrected chi connectivity index (χ0v) is 7.83. The fourth-order valence-corrected chi connectivity index (χ4v) is 2.98. The van der Waals surface area contributed by atoms with Crippen molar-refractivity contribution in [2.75, 3.05) is 19.7 Å². The molecule has 3 fully saturated rings. The fourth-order valence-electron chi connectivity index (χ4n) is 2.98. The molecule has 3 N–H and O–H groups in total. The number of nitrogens with one attached hydrogen (secondary N) is 1. The van der Waals surface area contributed by atoms with Crippen molar-refractivity contribution < 1.29 is 4.74 Å². The molecule has 0 aromatic carbocycles. The summed E-state index contributed by atoms with van der Waals surface area (Å²) in [6, 6.07) is 0.600. The summed E-state index contributed by atoms with van der Waals surface area (Å²) in [6.07, 6.45) is 4.11. The Bertz CT molecular complexity index is 219. The molecule has 3 aliphatic rings. The van der Waals surface area contributed by atoms with Gasteiger partial charge in [0.25, 0.3) is 0 Å². The number of fused-ring (bicyclic) bond motifs is 2. The van der Waals surface area contributed by atoms with E-state index < -0.39 is 0 Å². The second kappa shape index (κ2) is 2.67. The lowest BCUT2D eigenvalue weighted by atomic mass is 9.86. The molecule has 0 aromatic rings. The number of hydrogen-bond acceptors (Lipinski definition) is 4. The predicted molar refractivity (Wildman–Crippen MR) is 49.0 cm³/mol. The second-order valence-corrected chi connectivity index (χ2v) is 4.61. The molecule has 4 nitrogen and oxygen atoms in total. The molecule has 3 rings (SSSR count). The van der Waals surface area contributed by atoms with E-state index in [-0.39, 0.29) is 5.54 Å². The Kier molecular flexibility index (Phi) is 1.68.